The summed E-state index contributed by atoms with van der Waals surface area (Å²) in [5, 5.41) is 21.3. The molecule has 29 heteroatoms. The number of carbonyl (C=O) groups is 10. The highest BCUT2D eigenvalue weighted by Gasteiger charge is 2.46. The van der Waals surface area contributed by atoms with Gasteiger partial charge in [-0.15, -0.1) is 6.42 Å². The number of benzene rings is 2. The highest BCUT2D eigenvalue weighted by molar-refractivity contribution is 6.07. The van der Waals surface area contributed by atoms with Crippen LogP contribution >= 0.6 is 0 Å². The van der Waals surface area contributed by atoms with Gasteiger partial charge in [-0.2, -0.15) is 0 Å². The standard InChI is InChI=1S/C64H88F2N12O15/c1-4-49-38-64(65,66)42-78(49)58(83)39-69-61(87)51-19-21-67-53-18-17-50(36-52(51)53)93-35-8-7-22-72-31-33-77(34-32-72)63(89)55(37-60(86)90-3)71-62(88)54(11-5-6-20-68-56(81)12-9-10-48-15-13-47(2)14-16-48)70-57(82)40-73-23-24-74(41-59(84)85)26-28-76(44-92-46-80)30-29-75(27-25-73)43-91-45-79/h1,13-19,21,36,45-46,49,54-55H,5-12,20,22-35,37-44H2,2-3H3,(H,68,81)(H,69,87)(H,70,82)(H,71,88)(H,84,85)/t49-,54-,55-/m0/s1. The van der Waals surface area contributed by atoms with Crippen LogP contribution in [0, 0.1) is 19.3 Å². The Labute approximate surface area is 540 Å². The first-order valence-corrected chi connectivity index (χ1v) is 31.4. The number of carboxylic acid groups (broad SMARTS) is 1. The number of likely N-dealkylation sites (tertiary alicyclic amines) is 1. The molecule has 0 aliphatic carbocycles. The third-order valence-electron chi connectivity index (χ3n) is 16.4. The van der Waals surface area contributed by atoms with Gasteiger partial charge in [0.2, 0.25) is 29.5 Å². The molecule has 3 atom stereocenters. The Kier molecular flexibility index (Phi) is 30.5. The molecule has 27 nitrogen and oxygen atoms in total. The molecule has 0 unspecified atom stereocenters. The van der Waals surface area contributed by atoms with Crippen LogP contribution in [-0.2, 0) is 63.8 Å². The molecule has 93 heavy (non-hydrogen) atoms. The summed E-state index contributed by atoms with van der Waals surface area (Å²) in [7, 11) is 1.17. The number of fused-ring (bicyclic) bond motifs is 1. The quantitative estimate of drug-likeness (QED) is 0.0182. The number of halogens is 2. The van der Waals surface area contributed by atoms with Gasteiger partial charge in [-0.1, -0.05) is 35.7 Å². The van der Waals surface area contributed by atoms with Crippen molar-refractivity contribution in [2.24, 2.45) is 0 Å². The summed E-state index contributed by atoms with van der Waals surface area (Å²) in [6, 6.07) is 11.1. The number of amides is 6. The van der Waals surface area contributed by atoms with Crippen molar-refractivity contribution in [3.63, 3.8) is 0 Å². The van der Waals surface area contributed by atoms with Gasteiger partial charge in [0, 0.05) is 110 Å². The predicted molar refractivity (Wildman–Crippen MR) is 335 cm³/mol. The lowest BCUT2D eigenvalue weighted by atomic mass is 10.1. The average Bonchev–Trinajstić information content (AvgIpc) is 1.78. The number of carbonyl (C=O) groups excluding carboxylic acids is 9. The molecule has 0 radical (unpaired) electrons. The average molecular weight is 1300 g/mol. The van der Waals surface area contributed by atoms with Gasteiger partial charge in [0.25, 0.3) is 24.8 Å². The van der Waals surface area contributed by atoms with Gasteiger partial charge in [-0.3, -0.25) is 77.4 Å². The van der Waals surface area contributed by atoms with E-state index in [0.29, 0.717) is 121 Å². The van der Waals surface area contributed by atoms with E-state index >= 15 is 0 Å². The fourth-order valence-corrected chi connectivity index (χ4v) is 11.1. The number of aromatic nitrogens is 1. The number of alkyl halides is 2. The van der Waals surface area contributed by atoms with E-state index in [-0.39, 0.29) is 83.7 Å². The maximum absolute atomic E-state index is 14.5. The number of aryl methyl sites for hydroxylation is 2. The Bertz CT molecular complexity index is 3020. The van der Waals surface area contributed by atoms with Crippen LogP contribution in [0.5, 0.6) is 5.75 Å². The first-order chi connectivity index (χ1) is 44.8. The second-order valence-corrected chi connectivity index (χ2v) is 23.3. The summed E-state index contributed by atoms with van der Waals surface area (Å²) >= 11 is 0. The molecule has 6 amide bonds. The van der Waals surface area contributed by atoms with Crippen LogP contribution in [0.25, 0.3) is 10.9 Å². The first-order valence-electron chi connectivity index (χ1n) is 31.4. The van der Waals surface area contributed by atoms with E-state index in [2.05, 4.69) is 37.1 Å². The fourth-order valence-electron chi connectivity index (χ4n) is 11.1. The summed E-state index contributed by atoms with van der Waals surface area (Å²) in [6.45, 7) is 5.75. The van der Waals surface area contributed by atoms with Gasteiger partial charge in [-0.25, -0.2) is 8.78 Å². The van der Waals surface area contributed by atoms with E-state index in [1.54, 1.807) is 32.9 Å². The Hall–Kier alpha value is -8.43. The van der Waals surface area contributed by atoms with Crippen LogP contribution in [0.2, 0.25) is 0 Å². The van der Waals surface area contributed by atoms with E-state index in [1.807, 2.05) is 41.0 Å². The number of ether oxygens (including phenoxy) is 4. The van der Waals surface area contributed by atoms with Crippen molar-refractivity contribution in [1.82, 2.24) is 60.6 Å². The van der Waals surface area contributed by atoms with Crippen molar-refractivity contribution in [2.45, 2.75) is 95.2 Å². The number of nitrogens with zero attached hydrogens (tertiary/aromatic N) is 8. The van der Waals surface area contributed by atoms with Gasteiger partial charge < -0.3 is 55.1 Å². The molecule has 4 heterocycles. The molecule has 6 rings (SSSR count). The lowest BCUT2D eigenvalue weighted by molar-refractivity contribution is -0.147. The lowest BCUT2D eigenvalue weighted by Gasteiger charge is -2.36. The molecular formula is C64H88F2N12O15. The van der Waals surface area contributed by atoms with Gasteiger partial charge in [0.15, 0.2) is 0 Å². The molecule has 3 aliphatic heterocycles. The van der Waals surface area contributed by atoms with Crippen LogP contribution in [0.4, 0.5) is 8.78 Å². The normalized spacial score (nSPS) is 17.7. The van der Waals surface area contributed by atoms with Crippen LogP contribution in [0.1, 0.15) is 79.3 Å². The minimum absolute atomic E-state index is 0.0408. The number of piperazine rings is 1. The topological polar surface area (TPSA) is 312 Å². The van der Waals surface area contributed by atoms with Gasteiger partial charge in [-0.05, 0) is 88.2 Å². The first kappa shape index (κ1) is 73.6. The molecule has 0 bridgehead atoms. The third-order valence-corrected chi connectivity index (χ3v) is 16.4. The zero-order valence-electron chi connectivity index (χ0n) is 53.1. The fraction of sp³-hybridized carbons (Fsp3) is 0.578. The minimum atomic E-state index is -3.12. The number of terminal acetylenes is 1. The second-order valence-electron chi connectivity index (χ2n) is 23.3. The summed E-state index contributed by atoms with van der Waals surface area (Å²) in [4.78, 5) is 145. The number of nitrogens with one attached hydrogen (secondary N) is 4. The Morgan fingerprint density at radius 3 is 2.03 bits per heavy atom. The molecule has 508 valence electrons. The molecule has 3 saturated heterocycles. The second kappa shape index (κ2) is 38.6. The number of pyridine rings is 1. The summed E-state index contributed by atoms with van der Waals surface area (Å²) < 4.78 is 49.1. The lowest BCUT2D eigenvalue weighted by Crippen LogP contribution is -2.58. The molecule has 3 aromatic rings. The SMILES string of the molecule is C#C[C@H]1CC(F)(F)CN1C(=O)CNC(=O)c1ccnc2ccc(OCCCCN3CCN(C(=O)[C@H](CC(=O)OC)NC(=O)[C@H](CCCCNC(=O)CCCc4ccc(C)cc4)NC(=O)CN4CCN(COC=O)CCN(COC=O)CCN(CC(=O)O)CC4)CC3)cc12. The van der Waals surface area contributed by atoms with E-state index < -0.39 is 91.5 Å². The molecule has 0 spiro atoms. The number of hydrogen-bond donors (Lipinski definition) is 5. The van der Waals surface area contributed by atoms with Crippen molar-refractivity contribution < 1.29 is 80.8 Å². The summed E-state index contributed by atoms with van der Waals surface area (Å²) in [5.74, 6) is -5.51. The molecule has 3 aliphatic rings. The number of methoxy groups -OCH3 is 1. The number of unbranched alkanes of at least 4 members (excludes halogenated alkanes) is 2. The molecule has 1 aromatic heterocycles. The van der Waals surface area contributed by atoms with Crippen molar-refractivity contribution in [1.29, 1.82) is 0 Å². The van der Waals surface area contributed by atoms with E-state index in [1.165, 1.54) is 19.4 Å². The Morgan fingerprint density at radius 2 is 1.40 bits per heavy atom. The predicted octanol–water partition coefficient (Wildman–Crippen LogP) is 0.855. The Morgan fingerprint density at radius 1 is 0.753 bits per heavy atom. The van der Waals surface area contributed by atoms with Gasteiger partial charge in [0.05, 0.1) is 63.4 Å². The Balaban J connectivity index is 1.03. The van der Waals surface area contributed by atoms with Crippen molar-refractivity contribution in [3.05, 3.63) is 71.4 Å². The van der Waals surface area contributed by atoms with E-state index in [0.717, 1.165) is 28.9 Å². The molecule has 5 N–H and O–H groups in total. The number of aliphatic carboxylic acids is 1. The third kappa shape index (κ3) is 25.5. The summed E-state index contributed by atoms with van der Waals surface area (Å²) in [6.07, 6.45) is 9.66. The van der Waals surface area contributed by atoms with Crippen LogP contribution in [0.15, 0.2) is 54.7 Å². The van der Waals surface area contributed by atoms with Crippen LogP contribution in [0.3, 0.4) is 0 Å². The number of esters is 1. The number of carboxylic acids is 1. The largest absolute Gasteiger partial charge is 0.494 e. The number of hydrogen-bond acceptors (Lipinski definition) is 20. The maximum Gasteiger partial charge on any atom is 0.317 e. The zero-order chi connectivity index (χ0) is 67.1. The van der Waals surface area contributed by atoms with Crippen LogP contribution < -0.4 is 26.0 Å². The number of rotatable bonds is 34. The highest BCUT2D eigenvalue weighted by Crippen LogP contribution is 2.32. The van der Waals surface area contributed by atoms with E-state index in [9.17, 15) is 61.8 Å². The summed E-state index contributed by atoms with van der Waals surface area (Å²) in [5.41, 5.74) is 2.98. The minimum Gasteiger partial charge on any atom is -0.494 e. The van der Waals surface area contributed by atoms with Crippen molar-refractivity contribution >= 4 is 71.2 Å². The van der Waals surface area contributed by atoms with Crippen LogP contribution in [-0.4, -0.2) is 274 Å². The highest BCUT2D eigenvalue weighted by atomic mass is 19.3. The van der Waals surface area contributed by atoms with Gasteiger partial charge >= 0.3 is 11.9 Å². The smallest absolute Gasteiger partial charge is 0.317 e. The molecule has 3 fully saturated rings. The monoisotopic (exact) mass is 1300 g/mol. The molecule has 0 saturated carbocycles. The maximum atomic E-state index is 14.5. The molecular weight excluding hydrogens is 1210 g/mol. The molecule has 2 aromatic carbocycles. The zero-order valence-corrected chi connectivity index (χ0v) is 53.1. The van der Waals surface area contributed by atoms with Crippen molar-refractivity contribution in [3.8, 4) is 18.1 Å². The van der Waals surface area contributed by atoms with Crippen molar-refractivity contribution in [2.75, 3.05) is 145 Å². The van der Waals surface area contributed by atoms with Gasteiger partial charge in [0.1, 0.15) is 31.3 Å². The van der Waals surface area contributed by atoms with E-state index in [4.69, 9.17) is 25.4 Å².